The van der Waals surface area contributed by atoms with E-state index in [0.29, 0.717) is 10.8 Å². The molecule has 0 amide bonds. The maximum Gasteiger partial charge on any atom is 0.314 e. The van der Waals surface area contributed by atoms with Crippen molar-refractivity contribution in [3.05, 3.63) is 23.2 Å². The highest BCUT2D eigenvalue weighted by molar-refractivity contribution is 6.30. The third-order valence-corrected chi connectivity index (χ3v) is 2.47. The lowest BCUT2D eigenvalue weighted by atomic mass is 10.0. The fourth-order valence-electron chi connectivity index (χ4n) is 1.44. The van der Waals surface area contributed by atoms with Crippen molar-refractivity contribution in [2.75, 3.05) is 0 Å². The number of halogens is 1. The van der Waals surface area contributed by atoms with Crippen LogP contribution in [0.3, 0.4) is 0 Å². The second-order valence-corrected chi connectivity index (χ2v) is 3.85. The van der Waals surface area contributed by atoms with Crippen LogP contribution in [0.2, 0.25) is 5.02 Å². The average molecular weight is 213 g/mol. The van der Waals surface area contributed by atoms with Crippen LogP contribution in [0.15, 0.2) is 12.4 Å². The molecule has 0 aromatic carbocycles. The van der Waals surface area contributed by atoms with Gasteiger partial charge in [-0.05, 0) is 18.8 Å². The van der Waals surface area contributed by atoms with Gasteiger partial charge in [-0.15, -0.1) is 0 Å². The lowest BCUT2D eigenvalue weighted by molar-refractivity contribution is -0.139. The molecule has 0 spiro atoms. The average Bonchev–Trinajstić information content (AvgIpc) is 2.92. The molecule has 1 aromatic rings. The normalized spacial score (nSPS) is 17.8. The van der Waals surface area contributed by atoms with Gasteiger partial charge in [-0.2, -0.15) is 0 Å². The van der Waals surface area contributed by atoms with E-state index in [4.69, 9.17) is 16.7 Å². The zero-order chi connectivity index (χ0) is 10.1. The van der Waals surface area contributed by atoms with E-state index in [-0.39, 0.29) is 5.92 Å². The Morgan fingerprint density at radius 2 is 2.07 bits per heavy atom. The Morgan fingerprint density at radius 3 is 2.50 bits per heavy atom. The van der Waals surface area contributed by atoms with Crippen LogP contribution in [0, 0.1) is 5.92 Å². The number of nitrogens with zero attached hydrogens (tertiary/aromatic N) is 2. The SMILES string of the molecule is O=C(O)C(c1ncc(Cl)cn1)C1CC1. The Kier molecular flexibility index (Phi) is 2.37. The monoisotopic (exact) mass is 212 g/mol. The largest absolute Gasteiger partial charge is 0.481 e. The highest BCUT2D eigenvalue weighted by atomic mass is 35.5. The lowest BCUT2D eigenvalue weighted by Gasteiger charge is -2.08. The van der Waals surface area contributed by atoms with E-state index < -0.39 is 11.9 Å². The summed E-state index contributed by atoms with van der Waals surface area (Å²) in [6.45, 7) is 0. The second-order valence-electron chi connectivity index (χ2n) is 3.41. The van der Waals surface area contributed by atoms with Crippen LogP contribution in [0.4, 0.5) is 0 Å². The number of carboxylic acid groups (broad SMARTS) is 1. The van der Waals surface area contributed by atoms with Crippen molar-refractivity contribution in [1.29, 1.82) is 0 Å². The fourth-order valence-corrected chi connectivity index (χ4v) is 1.53. The van der Waals surface area contributed by atoms with E-state index in [0.717, 1.165) is 12.8 Å². The molecule has 1 aliphatic carbocycles. The van der Waals surface area contributed by atoms with Crippen LogP contribution in [0.5, 0.6) is 0 Å². The first-order valence-corrected chi connectivity index (χ1v) is 4.76. The van der Waals surface area contributed by atoms with Crippen LogP contribution in [-0.2, 0) is 4.79 Å². The van der Waals surface area contributed by atoms with E-state index in [1.165, 1.54) is 12.4 Å². The number of carboxylic acids is 1. The number of aliphatic carboxylic acids is 1. The molecule has 1 fully saturated rings. The van der Waals surface area contributed by atoms with Gasteiger partial charge in [0.2, 0.25) is 0 Å². The van der Waals surface area contributed by atoms with Gasteiger partial charge in [-0.1, -0.05) is 11.6 Å². The highest BCUT2D eigenvalue weighted by Gasteiger charge is 2.39. The smallest absolute Gasteiger partial charge is 0.314 e. The summed E-state index contributed by atoms with van der Waals surface area (Å²) >= 11 is 5.62. The van der Waals surface area contributed by atoms with Gasteiger partial charge in [0.05, 0.1) is 5.02 Å². The molecule has 5 heteroatoms. The van der Waals surface area contributed by atoms with Gasteiger partial charge in [0.1, 0.15) is 11.7 Å². The molecule has 4 nitrogen and oxygen atoms in total. The molecule has 1 aliphatic rings. The van der Waals surface area contributed by atoms with Gasteiger partial charge in [0.25, 0.3) is 0 Å². The van der Waals surface area contributed by atoms with E-state index in [9.17, 15) is 4.79 Å². The zero-order valence-corrected chi connectivity index (χ0v) is 8.11. The summed E-state index contributed by atoms with van der Waals surface area (Å²) in [5, 5.41) is 9.42. The number of carbonyl (C=O) groups is 1. The van der Waals surface area contributed by atoms with Gasteiger partial charge in [-0.25, -0.2) is 9.97 Å². The van der Waals surface area contributed by atoms with Crippen LogP contribution in [0.25, 0.3) is 0 Å². The molecule has 14 heavy (non-hydrogen) atoms. The molecular formula is C9H9ClN2O2. The van der Waals surface area contributed by atoms with Crippen LogP contribution in [-0.4, -0.2) is 21.0 Å². The lowest BCUT2D eigenvalue weighted by Crippen LogP contribution is -2.16. The minimum atomic E-state index is -0.852. The maximum atomic E-state index is 11.0. The number of hydrogen-bond acceptors (Lipinski definition) is 3. The molecule has 0 saturated heterocycles. The topological polar surface area (TPSA) is 63.1 Å². The predicted molar refractivity (Wildman–Crippen MR) is 50.1 cm³/mol. The first-order chi connectivity index (χ1) is 6.68. The van der Waals surface area contributed by atoms with E-state index in [1.54, 1.807) is 0 Å². The summed E-state index contributed by atoms with van der Waals surface area (Å²) in [6.07, 6.45) is 4.76. The van der Waals surface area contributed by atoms with Gasteiger partial charge < -0.3 is 5.11 Å². The Labute approximate surface area is 85.9 Å². The van der Waals surface area contributed by atoms with Crippen molar-refractivity contribution in [2.45, 2.75) is 18.8 Å². The standard InChI is InChI=1S/C9H9ClN2O2/c10-6-3-11-8(12-4-6)7(9(13)14)5-1-2-5/h3-5,7H,1-2H2,(H,13,14). The minimum absolute atomic E-state index is 0.202. The zero-order valence-electron chi connectivity index (χ0n) is 7.35. The van der Waals surface area contributed by atoms with Crippen LogP contribution < -0.4 is 0 Å². The Balaban J connectivity index is 2.26. The third-order valence-electron chi connectivity index (χ3n) is 2.28. The third kappa shape index (κ3) is 1.85. The molecule has 1 atom stereocenters. The number of aromatic nitrogens is 2. The predicted octanol–water partition coefficient (Wildman–Crippen LogP) is 1.71. The second kappa shape index (κ2) is 3.53. The van der Waals surface area contributed by atoms with Crippen LogP contribution >= 0.6 is 11.6 Å². The van der Waals surface area contributed by atoms with Gasteiger partial charge in [0.15, 0.2) is 0 Å². The molecule has 1 saturated carbocycles. The molecule has 1 heterocycles. The minimum Gasteiger partial charge on any atom is -0.481 e. The summed E-state index contributed by atoms with van der Waals surface area (Å²) in [5.41, 5.74) is 0. The fraction of sp³-hybridized carbons (Fsp3) is 0.444. The van der Waals surface area contributed by atoms with E-state index >= 15 is 0 Å². The number of rotatable bonds is 3. The Morgan fingerprint density at radius 1 is 1.50 bits per heavy atom. The molecule has 0 radical (unpaired) electrons. The summed E-state index contributed by atoms with van der Waals surface area (Å²) < 4.78 is 0. The Hall–Kier alpha value is -1.16. The first kappa shape index (κ1) is 9.40. The molecule has 1 aromatic heterocycles. The molecule has 1 unspecified atom stereocenters. The van der Waals surface area contributed by atoms with Gasteiger partial charge in [0, 0.05) is 12.4 Å². The molecule has 1 N–H and O–H groups in total. The van der Waals surface area contributed by atoms with Crippen molar-refractivity contribution in [2.24, 2.45) is 5.92 Å². The number of hydrogen-bond donors (Lipinski definition) is 1. The molecule has 2 rings (SSSR count). The first-order valence-electron chi connectivity index (χ1n) is 4.38. The summed E-state index contributed by atoms with van der Waals surface area (Å²) in [5.74, 6) is -0.847. The molecule has 74 valence electrons. The van der Waals surface area contributed by atoms with Crippen molar-refractivity contribution < 1.29 is 9.90 Å². The van der Waals surface area contributed by atoms with Gasteiger partial charge in [-0.3, -0.25) is 4.79 Å². The summed E-state index contributed by atoms with van der Waals surface area (Å²) in [7, 11) is 0. The van der Waals surface area contributed by atoms with Crippen molar-refractivity contribution in [1.82, 2.24) is 9.97 Å². The van der Waals surface area contributed by atoms with Crippen molar-refractivity contribution in [3.63, 3.8) is 0 Å². The summed E-state index contributed by atoms with van der Waals surface area (Å²) in [6, 6.07) is 0. The maximum absolute atomic E-state index is 11.0. The van der Waals surface area contributed by atoms with Crippen LogP contribution in [0.1, 0.15) is 24.6 Å². The Bertz CT molecular complexity index is 348. The molecule has 0 aliphatic heterocycles. The van der Waals surface area contributed by atoms with Crippen molar-refractivity contribution in [3.8, 4) is 0 Å². The van der Waals surface area contributed by atoms with Crippen molar-refractivity contribution >= 4 is 17.6 Å². The van der Waals surface area contributed by atoms with Gasteiger partial charge >= 0.3 is 5.97 Å². The molecule has 0 bridgehead atoms. The quantitative estimate of drug-likeness (QED) is 0.829. The van der Waals surface area contributed by atoms with E-state index in [2.05, 4.69) is 9.97 Å². The van der Waals surface area contributed by atoms with E-state index in [1.807, 2.05) is 0 Å². The molecular weight excluding hydrogens is 204 g/mol. The highest BCUT2D eigenvalue weighted by Crippen LogP contribution is 2.41. The summed E-state index contributed by atoms with van der Waals surface area (Å²) in [4.78, 5) is 18.8.